The van der Waals surface area contributed by atoms with Crippen molar-refractivity contribution in [1.29, 1.82) is 0 Å². The van der Waals surface area contributed by atoms with Gasteiger partial charge in [-0.25, -0.2) is 9.48 Å². The fourth-order valence-electron chi connectivity index (χ4n) is 3.67. The van der Waals surface area contributed by atoms with Crippen LogP contribution in [-0.2, 0) is 25.5 Å². The van der Waals surface area contributed by atoms with E-state index in [2.05, 4.69) is 15.7 Å². The number of nitrogens with zero attached hydrogens (tertiary/aromatic N) is 2. The van der Waals surface area contributed by atoms with Crippen molar-refractivity contribution in [2.24, 2.45) is 5.92 Å². The van der Waals surface area contributed by atoms with E-state index in [1.54, 1.807) is 25.5 Å². The highest BCUT2D eigenvalue weighted by molar-refractivity contribution is 5.94. The number of hydrogen-bond acceptors (Lipinski definition) is 5. The zero-order valence-electron chi connectivity index (χ0n) is 20.8. The number of rotatable bonds is 9. The van der Waals surface area contributed by atoms with Crippen LogP contribution in [0.2, 0.25) is 0 Å². The Bertz CT molecular complexity index is 1180. The number of anilines is 1. The quantitative estimate of drug-likeness (QED) is 0.459. The van der Waals surface area contributed by atoms with Gasteiger partial charge in [0.05, 0.1) is 29.2 Å². The van der Waals surface area contributed by atoms with Crippen molar-refractivity contribution < 1.29 is 19.1 Å². The Morgan fingerprint density at radius 2 is 1.60 bits per heavy atom. The predicted molar refractivity (Wildman–Crippen MR) is 134 cm³/mol. The maximum Gasteiger partial charge on any atom is 0.329 e. The van der Waals surface area contributed by atoms with E-state index in [4.69, 9.17) is 4.74 Å². The molecule has 0 bridgehead atoms. The molecule has 8 nitrogen and oxygen atoms in total. The number of esters is 1. The predicted octanol–water partition coefficient (Wildman–Crippen LogP) is 3.66. The first-order chi connectivity index (χ1) is 16.7. The Kier molecular flexibility index (Phi) is 8.41. The monoisotopic (exact) mass is 476 g/mol. The first-order valence-corrected chi connectivity index (χ1v) is 11.6. The average Bonchev–Trinajstić information content (AvgIpc) is 3.10. The fraction of sp³-hybridized carbons (Fsp3) is 0.333. The highest BCUT2D eigenvalue weighted by Crippen LogP contribution is 2.23. The third-order valence-corrected chi connectivity index (χ3v) is 5.62. The molecule has 0 spiro atoms. The number of hydrogen-bond donors (Lipinski definition) is 2. The van der Waals surface area contributed by atoms with Gasteiger partial charge in [0.2, 0.25) is 5.91 Å². The van der Waals surface area contributed by atoms with Gasteiger partial charge in [0.1, 0.15) is 6.04 Å². The molecule has 184 valence electrons. The van der Waals surface area contributed by atoms with Gasteiger partial charge in [0, 0.05) is 0 Å². The fourth-order valence-corrected chi connectivity index (χ4v) is 3.67. The van der Waals surface area contributed by atoms with Crippen molar-refractivity contribution in [3.05, 3.63) is 77.1 Å². The summed E-state index contributed by atoms with van der Waals surface area (Å²) in [6.45, 7) is 8.82. The van der Waals surface area contributed by atoms with Crippen LogP contribution < -0.4 is 10.6 Å². The number of benzene rings is 2. The van der Waals surface area contributed by atoms with Gasteiger partial charge in [0.15, 0.2) is 6.61 Å². The maximum atomic E-state index is 12.6. The van der Waals surface area contributed by atoms with Gasteiger partial charge >= 0.3 is 5.97 Å². The third kappa shape index (κ3) is 6.79. The van der Waals surface area contributed by atoms with E-state index >= 15 is 0 Å². The van der Waals surface area contributed by atoms with Crippen LogP contribution >= 0.6 is 0 Å². The zero-order valence-corrected chi connectivity index (χ0v) is 20.8. The number of carbonyl (C=O) groups is 3. The Balaban J connectivity index is 1.58. The largest absolute Gasteiger partial charge is 0.454 e. The molecule has 2 amide bonds. The molecule has 0 aliphatic rings. The van der Waals surface area contributed by atoms with E-state index in [-0.39, 0.29) is 18.2 Å². The minimum atomic E-state index is -0.855. The summed E-state index contributed by atoms with van der Waals surface area (Å²) in [5.74, 6) is -1.62. The average molecular weight is 477 g/mol. The van der Waals surface area contributed by atoms with Gasteiger partial charge in [-0.2, -0.15) is 5.10 Å². The SMILES string of the molecule is Cc1ccc(-n2nc(C)c(NC(=O)COC(=O)[C@@H](NC(=O)Cc3ccccc3)C(C)C)c2C)cc1. The number of carbonyl (C=O) groups excluding carboxylic acids is 3. The summed E-state index contributed by atoms with van der Waals surface area (Å²) in [4.78, 5) is 37.6. The number of aryl methyl sites for hydroxylation is 2. The Morgan fingerprint density at radius 3 is 2.23 bits per heavy atom. The van der Waals surface area contributed by atoms with Gasteiger partial charge in [-0.05, 0) is 44.4 Å². The summed E-state index contributed by atoms with van der Waals surface area (Å²) < 4.78 is 7.00. The molecule has 1 atom stereocenters. The molecule has 1 heterocycles. The molecule has 2 aromatic carbocycles. The van der Waals surface area contributed by atoms with Crippen LogP contribution in [0.15, 0.2) is 54.6 Å². The van der Waals surface area contributed by atoms with Crippen molar-refractivity contribution in [2.45, 2.75) is 47.1 Å². The molecule has 0 saturated heterocycles. The number of nitrogens with one attached hydrogen (secondary N) is 2. The summed E-state index contributed by atoms with van der Waals surface area (Å²) in [6, 6.07) is 16.3. The van der Waals surface area contributed by atoms with Gasteiger partial charge in [-0.1, -0.05) is 61.9 Å². The molecule has 0 saturated carbocycles. The topological polar surface area (TPSA) is 102 Å². The molecule has 3 rings (SSSR count). The third-order valence-electron chi connectivity index (χ3n) is 5.62. The van der Waals surface area contributed by atoms with E-state index in [0.29, 0.717) is 11.4 Å². The summed E-state index contributed by atoms with van der Waals surface area (Å²) in [6.07, 6.45) is 0.154. The minimum absolute atomic E-state index is 0.154. The molecule has 0 radical (unpaired) electrons. The first kappa shape index (κ1) is 25.7. The molecule has 3 aromatic rings. The molecule has 0 fully saturated rings. The minimum Gasteiger partial charge on any atom is -0.454 e. The van der Waals surface area contributed by atoms with E-state index < -0.39 is 24.5 Å². The molecule has 35 heavy (non-hydrogen) atoms. The van der Waals surface area contributed by atoms with Gasteiger partial charge in [-0.3, -0.25) is 9.59 Å². The van der Waals surface area contributed by atoms with Crippen LogP contribution in [0.1, 0.15) is 36.4 Å². The van der Waals surface area contributed by atoms with Crippen LogP contribution in [0.4, 0.5) is 5.69 Å². The lowest BCUT2D eigenvalue weighted by atomic mass is 10.0. The van der Waals surface area contributed by atoms with Gasteiger partial charge < -0.3 is 15.4 Å². The molecule has 0 aliphatic heterocycles. The second-order valence-electron chi connectivity index (χ2n) is 8.90. The van der Waals surface area contributed by atoms with E-state index in [1.165, 1.54) is 0 Å². The van der Waals surface area contributed by atoms with Crippen LogP contribution in [0.25, 0.3) is 5.69 Å². The van der Waals surface area contributed by atoms with Gasteiger partial charge in [-0.15, -0.1) is 0 Å². The van der Waals surface area contributed by atoms with Crippen molar-refractivity contribution in [2.75, 3.05) is 11.9 Å². The lowest BCUT2D eigenvalue weighted by molar-refractivity contribution is -0.151. The molecular formula is C27H32N4O4. The molecule has 1 aromatic heterocycles. The second kappa shape index (κ2) is 11.5. The van der Waals surface area contributed by atoms with E-state index in [0.717, 1.165) is 22.5 Å². The van der Waals surface area contributed by atoms with Gasteiger partial charge in [0.25, 0.3) is 5.91 Å². The zero-order chi connectivity index (χ0) is 25.5. The second-order valence-corrected chi connectivity index (χ2v) is 8.90. The molecule has 8 heteroatoms. The summed E-state index contributed by atoms with van der Waals surface area (Å²) >= 11 is 0. The Hall–Kier alpha value is -3.94. The smallest absolute Gasteiger partial charge is 0.329 e. The van der Waals surface area contributed by atoms with Crippen LogP contribution in [-0.4, -0.2) is 40.2 Å². The number of aromatic nitrogens is 2. The van der Waals surface area contributed by atoms with E-state index in [1.807, 2.05) is 68.4 Å². The molecule has 0 aliphatic carbocycles. The highest BCUT2D eigenvalue weighted by atomic mass is 16.5. The van der Waals surface area contributed by atoms with Crippen LogP contribution in [0.3, 0.4) is 0 Å². The normalized spacial score (nSPS) is 11.7. The van der Waals surface area contributed by atoms with Crippen molar-refractivity contribution in [3.63, 3.8) is 0 Å². The Labute approximate surface area is 205 Å². The lowest BCUT2D eigenvalue weighted by Gasteiger charge is -2.20. The number of amides is 2. The maximum absolute atomic E-state index is 12.6. The Morgan fingerprint density at radius 1 is 0.943 bits per heavy atom. The summed E-state index contributed by atoms with van der Waals surface area (Å²) in [5.41, 5.74) is 4.85. The van der Waals surface area contributed by atoms with Crippen molar-refractivity contribution >= 4 is 23.5 Å². The van der Waals surface area contributed by atoms with Crippen LogP contribution in [0.5, 0.6) is 0 Å². The molecule has 2 N–H and O–H groups in total. The lowest BCUT2D eigenvalue weighted by Crippen LogP contribution is -2.46. The van der Waals surface area contributed by atoms with Crippen molar-refractivity contribution in [1.82, 2.24) is 15.1 Å². The summed E-state index contributed by atoms with van der Waals surface area (Å²) in [5, 5.41) is 10.0. The first-order valence-electron chi connectivity index (χ1n) is 11.6. The highest BCUT2D eigenvalue weighted by Gasteiger charge is 2.26. The van der Waals surface area contributed by atoms with Crippen LogP contribution in [0, 0.1) is 26.7 Å². The molecular weight excluding hydrogens is 444 g/mol. The van der Waals surface area contributed by atoms with E-state index in [9.17, 15) is 14.4 Å². The number of ether oxygens (including phenoxy) is 1. The standard InChI is InChI=1S/C27H32N4O4/c1-17(2)25(28-23(32)15-21-9-7-6-8-10-21)27(34)35-16-24(33)29-26-19(4)30-31(20(26)5)22-13-11-18(3)12-14-22/h6-14,17,25H,15-16H2,1-5H3,(H,28,32)(H,29,33)/t25-/m0/s1. The van der Waals surface area contributed by atoms with Crippen molar-refractivity contribution in [3.8, 4) is 5.69 Å². The molecule has 0 unspecified atom stereocenters. The summed E-state index contributed by atoms with van der Waals surface area (Å²) in [7, 11) is 0.